The molecule has 0 saturated carbocycles. The molecule has 32 heavy (non-hydrogen) atoms. The first kappa shape index (κ1) is 27.4. The van der Waals surface area contributed by atoms with E-state index in [9.17, 15) is 9.90 Å². The van der Waals surface area contributed by atoms with Gasteiger partial charge in [0, 0.05) is 5.57 Å². The highest BCUT2D eigenvalue weighted by molar-refractivity contribution is 5.86. The number of benzene rings is 1. The number of carbonyl (C=O) groups excluding carboxylic acids is 1. The summed E-state index contributed by atoms with van der Waals surface area (Å²) >= 11 is 0. The van der Waals surface area contributed by atoms with Gasteiger partial charge in [-0.3, -0.25) is 0 Å². The number of unbranched alkanes of at least 4 members (excludes halogenated alkanes) is 5. The Morgan fingerprint density at radius 1 is 1.03 bits per heavy atom. The van der Waals surface area contributed by atoms with Crippen LogP contribution in [0.1, 0.15) is 63.9 Å². The normalized spacial score (nSPS) is 12.2. The molecule has 4 nitrogen and oxygen atoms in total. The van der Waals surface area contributed by atoms with Crippen molar-refractivity contribution in [1.82, 2.24) is 0 Å². The second kappa shape index (κ2) is 18.0. The molecule has 0 saturated heterocycles. The predicted octanol–water partition coefficient (Wildman–Crippen LogP) is 6.51. The summed E-state index contributed by atoms with van der Waals surface area (Å²) in [4.78, 5) is 11.4. The third kappa shape index (κ3) is 14.4. The Hall–Kier alpha value is -2.59. The number of esters is 1. The van der Waals surface area contributed by atoms with Gasteiger partial charge in [0.15, 0.2) is 0 Å². The van der Waals surface area contributed by atoms with Crippen molar-refractivity contribution in [1.29, 1.82) is 0 Å². The molecular formula is C28H40O4. The van der Waals surface area contributed by atoms with Crippen LogP contribution in [0.2, 0.25) is 0 Å². The number of hydrogen-bond acceptors (Lipinski definition) is 4. The lowest BCUT2D eigenvalue weighted by Gasteiger charge is -2.13. The standard InChI is InChI=1S/C28H40O4/c1-4-5-6-7-8-9-10-11-12-13-14-15-16-18-25-19-17-20-27(21-25)31-22-26(29)23-32-28(30)24(2)3/h4,6-7,9-10,17,19-21,26,29H,1-2,5,8,11-16,18,22-23H2,3H3/b7-6-,10-9-. The molecule has 0 fully saturated rings. The number of carbonyl (C=O) groups is 1. The maximum atomic E-state index is 11.4. The Morgan fingerprint density at radius 2 is 1.75 bits per heavy atom. The minimum Gasteiger partial charge on any atom is -0.491 e. The lowest BCUT2D eigenvalue weighted by Crippen LogP contribution is -2.25. The summed E-state index contributed by atoms with van der Waals surface area (Å²) in [5.74, 6) is 0.216. The summed E-state index contributed by atoms with van der Waals surface area (Å²) in [6, 6.07) is 7.96. The Morgan fingerprint density at radius 3 is 2.53 bits per heavy atom. The molecule has 1 atom stereocenters. The zero-order chi connectivity index (χ0) is 23.4. The van der Waals surface area contributed by atoms with Gasteiger partial charge in [0.1, 0.15) is 25.1 Å². The quantitative estimate of drug-likeness (QED) is 0.122. The van der Waals surface area contributed by atoms with E-state index in [0.29, 0.717) is 5.57 Å². The van der Waals surface area contributed by atoms with Crippen molar-refractivity contribution in [3.63, 3.8) is 0 Å². The molecule has 0 heterocycles. The van der Waals surface area contributed by atoms with Crippen LogP contribution in [0.5, 0.6) is 5.75 Å². The van der Waals surface area contributed by atoms with Gasteiger partial charge in [-0.1, -0.05) is 68.4 Å². The van der Waals surface area contributed by atoms with Crippen molar-refractivity contribution in [2.75, 3.05) is 13.2 Å². The number of aliphatic hydroxyl groups is 1. The van der Waals surface area contributed by atoms with Crippen LogP contribution < -0.4 is 4.74 Å². The van der Waals surface area contributed by atoms with E-state index in [0.717, 1.165) is 37.9 Å². The summed E-state index contributed by atoms with van der Waals surface area (Å²) in [7, 11) is 0. The van der Waals surface area contributed by atoms with Crippen LogP contribution in [0, 0.1) is 0 Å². The van der Waals surface area contributed by atoms with Gasteiger partial charge >= 0.3 is 5.97 Å². The second-order valence-corrected chi connectivity index (χ2v) is 8.00. The lowest BCUT2D eigenvalue weighted by atomic mass is 10.0. The monoisotopic (exact) mass is 440 g/mol. The van der Waals surface area contributed by atoms with Crippen LogP contribution >= 0.6 is 0 Å². The van der Waals surface area contributed by atoms with Crippen molar-refractivity contribution < 1.29 is 19.4 Å². The molecule has 0 spiro atoms. The number of rotatable bonds is 18. The first-order valence-corrected chi connectivity index (χ1v) is 11.7. The van der Waals surface area contributed by atoms with Gasteiger partial charge in [-0.05, 0) is 63.1 Å². The fraction of sp³-hybridized carbons (Fsp3) is 0.464. The number of hydrogen-bond donors (Lipinski definition) is 1. The van der Waals surface area contributed by atoms with Gasteiger partial charge < -0.3 is 14.6 Å². The van der Waals surface area contributed by atoms with Crippen molar-refractivity contribution >= 4 is 5.97 Å². The Balaban J connectivity index is 2.12. The molecule has 176 valence electrons. The van der Waals surface area contributed by atoms with Gasteiger partial charge in [-0.25, -0.2) is 4.79 Å². The molecular weight excluding hydrogens is 400 g/mol. The first-order valence-electron chi connectivity index (χ1n) is 11.7. The molecule has 0 aliphatic heterocycles. The molecule has 4 heteroatoms. The van der Waals surface area contributed by atoms with Crippen LogP contribution in [0.15, 0.2) is 73.4 Å². The molecule has 0 aliphatic carbocycles. The van der Waals surface area contributed by atoms with E-state index in [2.05, 4.69) is 43.5 Å². The smallest absolute Gasteiger partial charge is 0.333 e. The van der Waals surface area contributed by atoms with Crippen molar-refractivity contribution in [2.24, 2.45) is 0 Å². The molecule has 0 aliphatic rings. The van der Waals surface area contributed by atoms with E-state index in [1.165, 1.54) is 31.2 Å². The average molecular weight is 441 g/mol. The zero-order valence-corrected chi connectivity index (χ0v) is 19.6. The maximum Gasteiger partial charge on any atom is 0.333 e. The molecule has 1 unspecified atom stereocenters. The van der Waals surface area contributed by atoms with Crippen LogP contribution in [-0.2, 0) is 16.0 Å². The molecule has 1 N–H and O–H groups in total. The maximum absolute atomic E-state index is 11.4. The molecule has 0 aromatic heterocycles. The lowest BCUT2D eigenvalue weighted by molar-refractivity contribution is -0.142. The summed E-state index contributed by atoms with van der Waals surface area (Å²) in [6.45, 7) is 8.75. The second-order valence-electron chi connectivity index (χ2n) is 8.00. The SMILES string of the molecule is C=CC/C=C\C/C=C\CCCCCCCc1cccc(OCC(O)COC(=O)C(=C)C)c1. The molecule has 1 rings (SSSR count). The van der Waals surface area contributed by atoms with E-state index in [1.54, 1.807) is 6.92 Å². The summed E-state index contributed by atoms with van der Waals surface area (Å²) < 4.78 is 10.6. The van der Waals surface area contributed by atoms with Crippen LogP contribution in [-0.4, -0.2) is 30.4 Å². The van der Waals surface area contributed by atoms with E-state index >= 15 is 0 Å². The predicted molar refractivity (Wildman–Crippen MR) is 133 cm³/mol. The molecule has 0 bridgehead atoms. The fourth-order valence-corrected chi connectivity index (χ4v) is 3.03. The summed E-state index contributed by atoms with van der Waals surface area (Å²) in [6.07, 6.45) is 20.2. The van der Waals surface area contributed by atoms with Gasteiger partial charge in [0.2, 0.25) is 0 Å². The summed E-state index contributed by atoms with van der Waals surface area (Å²) in [5, 5.41) is 9.90. The highest BCUT2D eigenvalue weighted by atomic mass is 16.5. The van der Waals surface area contributed by atoms with Gasteiger partial charge in [-0.2, -0.15) is 0 Å². The van der Waals surface area contributed by atoms with Gasteiger partial charge in [0.05, 0.1) is 0 Å². The Bertz CT molecular complexity index is 733. The molecule has 0 radical (unpaired) electrons. The highest BCUT2D eigenvalue weighted by Crippen LogP contribution is 2.17. The number of aryl methyl sites for hydroxylation is 1. The first-order chi connectivity index (χ1) is 15.5. The van der Waals surface area contributed by atoms with Crippen LogP contribution in [0.4, 0.5) is 0 Å². The number of allylic oxidation sites excluding steroid dienone is 5. The van der Waals surface area contributed by atoms with E-state index in [-0.39, 0.29) is 13.2 Å². The third-order valence-electron chi connectivity index (χ3n) is 4.84. The van der Waals surface area contributed by atoms with Gasteiger partial charge in [0.25, 0.3) is 0 Å². The molecule has 1 aromatic carbocycles. The van der Waals surface area contributed by atoms with Crippen molar-refractivity contribution in [2.45, 2.75) is 70.8 Å². The zero-order valence-electron chi connectivity index (χ0n) is 19.6. The Labute approximate surface area is 194 Å². The minimum absolute atomic E-state index is 0.0759. The van der Waals surface area contributed by atoms with E-state index in [1.807, 2.05) is 24.3 Å². The van der Waals surface area contributed by atoms with E-state index < -0.39 is 12.1 Å². The topological polar surface area (TPSA) is 55.8 Å². The third-order valence-corrected chi connectivity index (χ3v) is 4.84. The fourth-order valence-electron chi connectivity index (χ4n) is 3.03. The van der Waals surface area contributed by atoms with Crippen LogP contribution in [0.25, 0.3) is 0 Å². The van der Waals surface area contributed by atoms with E-state index in [4.69, 9.17) is 9.47 Å². The number of ether oxygens (including phenoxy) is 2. The van der Waals surface area contributed by atoms with Gasteiger partial charge in [-0.15, -0.1) is 6.58 Å². The highest BCUT2D eigenvalue weighted by Gasteiger charge is 2.10. The molecule has 0 amide bonds. The average Bonchev–Trinajstić information content (AvgIpc) is 2.79. The van der Waals surface area contributed by atoms with Crippen LogP contribution in [0.3, 0.4) is 0 Å². The van der Waals surface area contributed by atoms with Crippen molar-refractivity contribution in [3.8, 4) is 5.75 Å². The summed E-state index contributed by atoms with van der Waals surface area (Å²) in [5.41, 5.74) is 1.55. The Kier molecular flexibility index (Phi) is 15.5. The number of aliphatic hydroxyl groups excluding tert-OH is 1. The molecule has 1 aromatic rings. The largest absolute Gasteiger partial charge is 0.491 e. The minimum atomic E-state index is -0.870. The van der Waals surface area contributed by atoms with Crippen molar-refractivity contribution in [3.05, 3.63) is 78.9 Å².